The van der Waals surface area contributed by atoms with Crippen LogP contribution in [-0.4, -0.2) is 18.5 Å². The zero-order chi connectivity index (χ0) is 17.0. The number of benzene rings is 2. The van der Waals surface area contributed by atoms with E-state index >= 15 is 0 Å². The van der Waals surface area contributed by atoms with Crippen molar-refractivity contribution in [3.05, 3.63) is 57.8 Å². The molecule has 0 aliphatic carbocycles. The Hall–Kier alpha value is -2.31. The molecule has 5 nitrogen and oxygen atoms in total. The largest absolute Gasteiger partial charge is 0.452 e. The zero-order valence-electron chi connectivity index (χ0n) is 11.6. The summed E-state index contributed by atoms with van der Waals surface area (Å²) in [6.45, 7) is -0.557. The molecular formula is C15H11Cl2FN2O3. The van der Waals surface area contributed by atoms with Gasteiger partial charge in [0.2, 0.25) is 0 Å². The molecule has 0 saturated heterocycles. The highest BCUT2D eigenvalue weighted by atomic mass is 35.5. The van der Waals surface area contributed by atoms with E-state index in [1.807, 2.05) is 0 Å². The normalized spacial score (nSPS) is 10.2. The summed E-state index contributed by atoms with van der Waals surface area (Å²) < 4.78 is 17.8. The molecule has 0 atom stereocenters. The molecule has 0 bridgehead atoms. The fraction of sp³-hybridized carbons (Fsp3) is 0.0667. The number of ether oxygens (including phenoxy) is 1. The maximum atomic E-state index is 12.9. The van der Waals surface area contributed by atoms with Crippen LogP contribution >= 0.6 is 23.2 Å². The lowest BCUT2D eigenvalue weighted by Crippen LogP contribution is -2.21. The molecule has 2 aromatic carbocycles. The van der Waals surface area contributed by atoms with Crippen LogP contribution in [-0.2, 0) is 9.53 Å². The van der Waals surface area contributed by atoms with Gasteiger partial charge in [0.05, 0.1) is 16.3 Å². The number of nitrogens with two attached hydrogens (primary N) is 1. The van der Waals surface area contributed by atoms with Gasteiger partial charge in [-0.1, -0.05) is 23.2 Å². The summed E-state index contributed by atoms with van der Waals surface area (Å²) in [6.07, 6.45) is 0. The Morgan fingerprint density at radius 2 is 1.91 bits per heavy atom. The third-order valence-electron chi connectivity index (χ3n) is 2.77. The lowest BCUT2D eigenvalue weighted by molar-refractivity contribution is -0.119. The van der Waals surface area contributed by atoms with E-state index in [1.54, 1.807) is 0 Å². The molecule has 0 saturated carbocycles. The Bertz CT molecular complexity index is 768. The number of amides is 1. The first-order valence-electron chi connectivity index (χ1n) is 6.34. The maximum Gasteiger partial charge on any atom is 0.340 e. The fourth-order valence-corrected chi connectivity index (χ4v) is 2.08. The number of nitrogens with one attached hydrogen (secondary N) is 1. The molecular weight excluding hydrogens is 346 g/mol. The van der Waals surface area contributed by atoms with Gasteiger partial charge in [-0.15, -0.1) is 0 Å². The maximum absolute atomic E-state index is 12.9. The van der Waals surface area contributed by atoms with Crippen LogP contribution in [0.3, 0.4) is 0 Å². The predicted molar refractivity (Wildman–Crippen MR) is 86.2 cm³/mol. The first-order chi connectivity index (χ1) is 10.9. The van der Waals surface area contributed by atoms with Crippen molar-refractivity contribution in [2.45, 2.75) is 0 Å². The van der Waals surface area contributed by atoms with Gasteiger partial charge in [-0.2, -0.15) is 0 Å². The Kier molecular flexibility index (Phi) is 5.41. The van der Waals surface area contributed by atoms with Crippen molar-refractivity contribution in [1.82, 2.24) is 0 Å². The highest BCUT2D eigenvalue weighted by Crippen LogP contribution is 2.22. The van der Waals surface area contributed by atoms with Crippen LogP contribution in [0.25, 0.3) is 0 Å². The summed E-state index contributed by atoms with van der Waals surface area (Å²) >= 11 is 11.5. The quantitative estimate of drug-likeness (QED) is 0.648. The second kappa shape index (κ2) is 7.30. The first-order valence-corrected chi connectivity index (χ1v) is 7.09. The van der Waals surface area contributed by atoms with Crippen molar-refractivity contribution < 1.29 is 18.7 Å². The van der Waals surface area contributed by atoms with E-state index in [2.05, 4.69) is 5.32 Å². The van der Waals surface area contributed by atoms with Gasteiger partial charge in [-0.05, 0) is 36.4 Å². The van der Waals surface area contributed by atoms with E-state index in [0.29, 0.717) is 5.02 Å². The van der Waals surface area contributed by atoms with Crippen LogP contribution in [0.1, 0.15) is 10.4 Å². The molecule has 0 aliphatic rings. The molecule has 23 heavy (non-hydrogen) atoms. The second-order valence-corrected chi connectivity index (χ2v) is 5.32. The van der Waals surface area contributed by atoms with E-state index in [4.69, 9.17) is 33.7 Å². The van der Waals surface area contributed by atoms with Crippen molar-refractivity contribution in [2.75, 3.05) is 17.7 Å². The summed E-state index contributed by atoms with van der Waals surface area (Å²) in [5.41, 5.74) is 6.09. The van der Waals surface area contributed by atoms with Crippen LogP contribution in [0, 0.1) is 5.82 Å². The number of rotatable bonds is 4. The van der Waals surface area contributed by atoms with Crippen molar-refractivity contribution in [2.24, 2.45) is 0 Å². The van der Waals surface area contributed by atoms with E-state index in [0.717, 1.165) is 12.1 Å². The van der Waals surface area contributed by atoms with Crippen molar-refractivity contribution >= 4 is 46.5 Å². The summed E-state index contributed by atoms with van der Waals surface area (Å²) in [5, 5.41) is 2.74. The Morgan fingerprint density at radius 1 is 1.17 bits per heavy atom. The van der Waals surface area contributed by atoms with Gasteiger partial charge in [0.1, 0.15) is 5.82 Å². The molecule has 0 spiro atoms. The minimum Gasteiger partial charge on any atom is -0.452 e. The van der Waals surface area contributed by atoms with Crippen LogP contribution in [0.4, 0.5) is 15.8 Å². The first kappa shape index (κ1) is 17.1. The van der Waals surface area contributed by atoms with Gasteiger partial charge in [0.25, 0.3) is 5.91 Å². The molecule has 0 aliphatic heterocycles. The number of anilines is 2. The van der Waals surface area contributed by atoms with E-state index in [9.17, 15) is 14.0 Å². The van der Waals surface area contributed by atoms with Gasteiger partial charge in [0.15, 0.2) is 6.61 Å². The smallest absolute Gasteiger partial charge is 0.340 e. The molecule has 0 fully saturated rings. The molecule has 120 valence electrons. The standard InChI is InChI=1S/C15H11Cl2FN2O3/c16-8-1-3-12(19)10(5-8)15(22)23-7-14(21)20-13-4-2-9(18)6-11(13)17/h1-6H,7,19H2,(H,20,21). The molecule has 0 unspecified atom stereocenters. The monoisotopic (exact) mass is 356 g/mol. The minimum absolute atomic E-state index is 0.0313. The Labute approximate surface area is 141 Å². The van der Waals surface area contributed by atoms with Crippen LogP contribution < -0.4 is 11.1 Å². The summed E-state index contributed by atoms with van der Waals surface area (Å²) in [5.74, 6) is -1.95. The van der Waals surface area contributed by atoms with E-state index < -0.39 is 24.3 Å². The number of esters is 1. The average Bonchev–Trinajstić information content (AvgIpc) is 2.50. The van der Waals surface area contributed by atoms with Crippen LogP contribution in [0.5, 0.6) is 0 Å². The molecule has 0 aromatic heterocycles. The van der Waals surface area contributed by atoms with Crippen molar-refractivity contribution in [3.63, 3.8) is 0 Å². The van der Waals surface area contributed by atoms with Crippen LogP contribution in [0.2, 0.25) is 10.0 Å². The number of hydrogen-bond donors (Lipinski definition) is 2. The molecule has 3 N–H and O–H groups in total. The Morgan fingerprint density at radius 3 is 2.61 bits per heavy atom. The zero-order valence-corrected chi connectivity index (χ0v) is 13.1. The van der Waals surface area contributed by atoms with Crippen molar-refractivity contribution in [3.8, 4) is 0 Å². The highest BCUT2D eigenvalue weighted by Gasteiger charge is 2.14. The predicted octanol–water partition coefficient (Wildman–Crippen LogP) is 3.51. The van der Waals surface area contributed by atoms with Gasteiger partial charge >= 0.3 is 5.97 Å². The average molecular weight is 357 g/mol. The molecule has 0 radical (unpaired) electrons. The number of carbonyl (C=O) groups excluding carboxylic acids is 2. The highest BCUT2D eigenvalue weighted by molar-refractivity contribution is 6.33. The number of nitrogen functional groups attached to an aromatic ring is 1. The van der Waals surface area contributed by atoms with Crippen LogP contribution in [0.15, 0.2) is 36.4 Å². The molecule has 2 rings (SSSR count). The second-order valence-electron chi connectivity index (χ2n) is 4.48. The number of halogens is 3. The molecule has 0 heterocycles. The minimum atomic E-state index is -0.787. The molecule has 1 amide bonds. The third kappa shape index (κ3) is 4.58. The van der Waals surface area contributed by atoms with Crippen molar-refractivity contribution in [1.29, 1.82) is 0 Å². The number of hydrogen-bond acceptors (Lipinski definition) is 4. The van der Waals surface area contributed by atoms with Gasteiger partial charge in [0, 0.05) is 10.7 Å². The molecule has 8 heteroatoms. The van der Waals surface area contributed by atoms with E-state index in [-0.39, 0.29) is 22.0 Å². The van der Waals surface area contributed by atoms with Gasteiger partial charge in [-0.25, -0.2) is 9.18 Å². The lowest BCUT2D eigenvalue weighted by atomic mass is 10.2. The number of carbonyl (C=O) groups is 2. The SMILES string of the molecule is Nc1ccc(Cl)cc1C(=O)OCC(=O)Nc1ccc(F)cc1Cl. The summed E-state index contributed by atoms with van der Waals surface area (Å²) in [4.78, 5) is 23.6. The third-order valence-corrected chi connectivity index (χ3v) is 3.32. The lowest BCUT2D eigenvalue weighted by Gasteiger charge is -2.09. The fourth-order valence-electron chi connectivity index (χ4n) is 1.69. The molecule has 2 aromatic rings. The topological polar surface area (TPSA) is 81.4 Å². The van der Waals surface area contributed by atoms with Gasteiger partial charge in [-0.3, -0.25) is 4.79 Å². The Balaban J connectivity index is 1.96. The summed E-state index contributed by atoms with van der Waals surface area (Å²) in [7, 11) is 0. The van der Waals surface area contributed by atoms with E-state index in [1.165, 1.54) is 24.3 Å². The summed E-state index contributed by atoms with van der Waals surface area (Å²) in [6, 6.07) is 7.81. The van der Waals surface area contributed by atoms with Gasteiger partial charge < -0.3 is 15.8 Å².